The van der Waals surface area contributed by atoms with Gasteiger partial charge in [-0.1, -0.05) is 13.8 Å². The Kier molecular flexibility index (Phi) is 3.48. The molecular weight excluding hydrogens is 216 g/mol. The van der Waals surface area contributed by atoms with Crippen LogP contribution in [0.4, 0.5) is 0 Å². The van der Waals surface area contributed by atoms with Gasteiger partial charge in [-0.25, -0.2) is 0 Å². The minimum atomic E-state index is -0.583. The van der Waals surface area contributed by atoms with Gasteiger partial charge in [0.25, 0.3) is 0 Å². The minimum Gasteiger partial charge on any atom is -0.481 e. The number of ether oxygens (including phenoxy) is 1. The van der Waals surface area contributed by atoms with Crippen molar-refractivity contribution in [2.24, 2.45) is 16.7 Å². The molecule has 0 spiro atoms. The second-order valence-electron chi connectivity index (χ2n) is 6.68. The molecule has 2 aliphatic rings. The predicted octanol–water partition coefficient (Wildman–Crippen LogP) is 3.08. The van der Waals surface area contributed by atoms with E-state index in [0.717, 1.165) is 51.7 Å². The Bertz CT molecular complexity index is 280. The first kappa shape index (κ1) is 12.9. The molecule has 1 N–H and O–H groups in total. The van der Waals surface area contributed by atoms with Gasteiger partial charge in [0.05, 0.1) is 5.41 Å². The van der Waals surface area contributed by atoms with Crippen molar-refractivity contribution < 1.29 is 14.6 Å². The maximum absolute atomic E-state index is 11.6. The van der Waals surface area contributed by atoms with Gasteiger partial charge in [-0.05, 0) is 49.9 Å². The summed E-state index contributed by atoms with van der Waals surface area (Å²) >= 11 is 0. The van der Waals surface area contributed by atoms with E-state index >= 15 is 0 Å². The fourth-order valence-corrected chi connectivity index (χ4v) is 3.21. The first-order chi connectivity index (χ1) is 7.94. The van der Waals surface area contributed by atoms with Crippen LogP contribution in [0.3, 0.4) is 0 Å². The lowest BCUT2D eigenvalue weighted by Crippen LogP contribution is -2.39. The summed E-state index contributed by atoms with van der Waals surface area (Å²) in [5, 5.41) is 9.58. The number of hydrogen-bond acceptors (Lipinski definition) is 2. The highest BCUT2D eigenvalue weighted by molar-refractivity contribution is 5.74. The maximum Gasteiger partial charge on any atom is 0.309 e. The van der Waals surface area contributed by atoms with Gasteiger partial charge in [0.2, 0.25) is 0 Å². The first-order valence-electron chi connectivity index (χ1n) is 6.75. The summed E-state index contributed by atoms with van der Waals surface area (Å²) < 4.78 is 5.37. The van der Waals surface area contributed by atoms with Crippen molar-refractivity contribution in [1.29, 1.82) is 0 Å². The molecule has 2 rings (SSSR count). The number of carboxylic acid groups (broad SMARTS) is 1. The topological polar surface area (TPSA) is 46.5 Å². The number of carboxylic acids is 1. The molecule has 3 heteroatoms. The van der Waals surface area contributed by atoms with Gasteiger partial charge < -0.3 is 9.84 Å². The molecule has 1 unspecified atom stereocenters. The third-order valence-electron chi connectivity index (χ3n) is 4.72. The van der Waals surface area contributed by atoms with Gasteiger partial charge in [-0.3, -0.25) is 4.79 Å². The molecule has 1 atom stereocenters. The molecule has 1 heterocycles. The van der Waals surface area contributed by atoms with Crippen LogP contribution in [0.25, 0.3) is 0 Å². The van der Waals surface area contributed by atoms with Crippen molar-refractivity contribution in [2.45, 2.75) is 52.4 Å². The van der Waals surface area contributed by atoms with Crippen molar-refractivity contribution in [2.75, 3.05) is 13.2 Å². The highest BCUT2D eigenvalue weighted by Crippen LogP contribution is 2.49. The monoisotopic (exact) mass is 240 g/mol. The molecule has 17 heavy (non-hydrogen) atoms. The zero-order valence-electron chi connectivity index (χ0n) is 11.0. The van der Waals surface area contributed by atoms with Crippen molar-refractivity contribution in [3.8, 4) is 0 Å². The Hall–Kier alpha value is -0.570. The quantitative estimate of drug-likeness (QED) is 0.824. The van der Waals surface area contributed by atoms with E-state index < -0.39 is 11.4 Å². The summed E-state index contributed by atoms with van der Waals surface area (Å²) in [4.78, 5) is 11.6. The number of carbonyl (C=O) groups is 1. The van der Waals surface area contributed by atoms with Crippen LogP contribution in [0.15, 0.2) is 0 Å². The Morgan fingerprint density at radius 3 is 2.41 bits per heavy atom. The largest absolute Gasteiger partial charge is 0.481 e. The van der Waals surface area contributed by atoms with Crippen LogP contribution in [0.2, 0.25) is 0 Å². The third-order valence-corrected chi connectivity index (χ3v) is 4.72. The van der Waals surface area contributed by atoms with Gasteiger partial charge in [0.15, 0.2) is 0 Å². The molecule has 1 aliphatic carbocycles. The number of hydrogen-bond donors (Lipinski definition) is 1. The second kappa shape index (κ2) is 4.60. The van der Waals surface area contributed by atoms with E-state index in [1.165, 1.54) is 0 Å². The van der Waals surface area contributed by atoms with E-state index in [-0.39, 0.29) is 0 Å². The lowest BCUT2D eigenvalue weighted by molar-refractivity contribution is -0.154. The summed E-state index contributed by atoms with van der Waals surface area (Å²) in [6.45, 7) is 6.07. The molecule has 0 aromatic rings. The van der Waals surface area contributed by atoms with E-state index in [2.05, 4.69) is 13.8 Å². The van der Waals surface area contributed by atoms with E-state index in [1.807, 2.05) is 0 Å². The Morgan fingerprint density at radius 1 is 1.29 bits per heavy atom. The van der Waals surface area contributed by atoms with Crippen LogP contribution >= 0.6 is 0 Å². The Balaban J connectivity index is 2.03. The smallest absolute Gasteiger partial charge is 0.309 e. The van der Waals surface area contributed by atoms with Crippen molar-refractivity contribution in [3.05, 3.63) is 0 Å². The lowest BCUT2D eigenvalue weighted by atomic mass is 9.62. The standard InChI is InChI=1S/C14H24O3/c1-13(2)4-6-14(7-5-13,12(15)16)9-11-3-8-17-10-11/h11H,3-10H2,1-2H3,(H,15,16). The van der Waals surface area contributed by atoms with Crippen molar-refractivity contribution in [1.82, 2.24) is 0 Å². The van der Waals surface area contributed by atoms with Crippen molar-refractivity contribution >= 4 is 5.97 Å². The van der Waals surface area contributed by atoms with Crippen LogP contribution in [-0.4, -0.2) is 24.3 Å². The molecule has 1 aliphatic heterocycles. The molecule has 0 bridgehead atoms. The van der Waals surface area contributed by atoms with Crippen molar-refractivity contribution in [3.63, 3.8) is 0 Å². The second-order valence-corrected chi connectivity index (χ2v) is 6.68. The highest BCUT2D eigenvalue weighted by atomic mass is 16.5. The maximum atomic E-state index is 11.6. The van der Waals surface area contributed by atoms with Crippen LogP contribution in [0.1, 0.15) is 52.4 Å². The molecule has 0 aromatic heterocycles. The Morgan fingerprint density at radius 2 is 1.94 bits per heavy atom. The van der Waals surface area contributed by atoms with Gasteiger partial charge in [0, 0.05) is 13.2 Å². The zero-order valence-corrected chi connectivity index (χ0v) is 11.0. The highest BCUT2D eigenvalue weighted by Gasteiger charge is 2.45. The summed E-state index contributed by atoms with van der Waals surface area (Å²) in [7, 11) is 0. The lowest BCUT2D eigenvalue weighted by Gasteiger charge is -2.41. The number of rotatable bonds is 3. The molecule has 0 amide bonds. The molecular formula is C14H24O3. The van der Waals surface area contributed by atoms with E-state index in [1.54, 1.807) is 0 Å². The fraction of sp³-hybridized carbons (Fsp3) is 0.929. The minimum absolute atomic E-state index is 0.325. The average Bonchev–Trinajstić information content (AvgIpc) is 2.74. The van der Waals surface area contributed by atoms with Crippen LogP contribution in [0.5, 0.6) is 0 Å². The van der Waals surface area contributed by atoms with E-state index in [4.69, 9.17) is 4.74 Å². The molecule has 98 valence electrons. The van der Waals surface area contributed by atoms with Gasteiger partial charge in [-0.2, -0.15) is 0 Å². The van der Waals surface area contributed by atoms with Crippen LogP contribution in [-0.2, 0) is 9.53 Å². The first-order valence-corrected chi connectivity index (χ1v) is 6.75. The summed E-state index contributed by atoms with van der Waals surface area (Å²) in [5.41, 5.74) is -0.140. The molecule has 1 saturated carbocycles. The van der Waals surface area contributed by atoms with Crippen LogP contribution in [0, 0.1) is 16.7 Å². The average molecular weight is 240 g/mol. The molecule has 3 nitrogen and oxygen atoms in total. The SMILES string of the molecule is CC1(C)CCC(CC2CCOC2)(C(=O)O)CC1. The zero-order chi connectivity index (χ0) is 12.5. The predicted molar refractivity (Wildman–Crippen MR) is 65.9 cm³/mol. The summed E-state index contributed by atoms with van der Waals surface area (Å²) in [5.74, 6) is -0.118. The normalized spacial score (nSPS) is 31.3. The summed E-state index contributed by atoms with van der Waals surface area (Å²) in [6, 6.07) is 0. The van der Waals surface area contributed by atoms with Gasteiger partial charge >= 0.3 is 5.97 Å². The molecule has 1 saturated heterocycles. The Labute approximate surface area is 104 Å². The molecule has 0 radical (unpaired) electrons. The van der Waals surface area contributed by atoms with Gasteiger partial charge in [0.1, 0.15) is 0 Å². The molecule has 2 fully saturated rings. The fourth-order valence-electron chi connectivity index (χ4n) is 3.21. The van der Waals surface area contributed by atoms with E-state index in [0.29, 0.717) is 11.3 Å². The number of aliphatic carboxylic acids is 1. The third kappa shape index (κ3) is 2.82. The van der Waals surface area contributed by atoms with Gasteiger partial charge in [-0.15, -0.1) is 0 Å². The van der Waals surface area contributed by atoms with E-state index in [9.17, 15) is 9.90 Å². The molecule has 0 aromatic carbocycles. The van der Waals surface area contributed by atoms with Crippen LogP contribution < -0.4 is 0 Å². The summed E-state index contributed by atoms with van der Waals surface area (Å²) in [6.07, 6.45) is 5.61.